The van der Waals surface area contributed by atoms with Crippen molar-refractivity contribution >= 4 is 40.6 Å². The molecule has 0 bridgehead atoms. The number of hydrogen-bond donors (Lipinski definition) is 3. The quantitative estimate of drug-likeness (QED) is 0.351. The molecule has 1 aliphatic carbocycles. The molecule has 2 aromatic carbocycles. The third kappa shape index (κ3) is 5.36. The Labute approximate surface area is 245 Å². The lowest BCUT2D eigenvalue weighted by Crippen LogP contribution is -2.35. The number of nitrogens with one attached hydrogen (secondary N) is 2. The lowest BCUT2D eigenvalue weighted by molar-refractivity contribution is -0.142. The third-order valence-electron chi connectivity index (χ3n) is 7.67. The summed E-state index contributed by atoms with van der Waals surface area (Å²) in [5.74, 6) is -1.39. The number of nitrogens with zero attached hydrogens (tertiary/aromatic N) is 2. The highest BCUT2D eigenvalue weighted by Crippen LogP contribution is 2.37. The minimum Gasteiger partial charge on any atom is -0.480 e. The van der Waals surface area contributed by atoms with E-state index in [9.17, 15) is 24.3 Å². The number of Topliss-reactive ketones (excluding diaryl/α,β-unsaturated/α-hetero) is 1. The van der Waals surface area contributed by atoms with Crippen molar-refractivity contribution in [3.63, 3.8) is 0 Å². The molecule has 1 saturated heterocycles. The van der Waals surface area contributed by atoms with Crippen molar-refractivity contribution in [1.82, 2.24) is 15.2 Å². The molecule has 0 spiro atoms. The van der Waals surface area contributed by atoms with Gasteiger partial charge in [0.2, 0.25) is 0 Å². The number of benzene rings is 2. The molecule has 1 fully saturated rings. The van der Waals surface area contributed by atoms with E-state index in [2.05, 4.69) is 15.6 Å². The Kier molecular flexibility index (Phi) is 7.44. The largest absolute Gasteiger partial charge is 0.480 e. The number of amides is 2. The van der Waals surface area contributed by atoms with Gasteiger partial charge in [-0.25, -0.2) is 4.98 Å². The zero-order chi connectivity index (χ0) is 29.4. The highest BCUT2D eigenvalue weighted by Gasteiger charge is 2.32. The van der Waals surface area contributed by atoms with E-state index in [-0.39, 0.29) is 36.0 Å². The van der Waals surface area contributed by atoms with E-state index >= 15 is 0 Å². The predicted molar refractivity (Wildman–Crippen MR) is 156 cm³/mol. The van der Waals surface area contributed by atoms with Crippen LogP contribution in [0.15, 0.2) is 66.1 Å². The summed E-state index contributed by atoms with van der Waals surface area (Å²) in [6.07, 6.45) is 6.71. The van der Waals surface area contributed by atoms with Crippen LogP contribution in [0.5, 0.6) is 5.75 Å². The van der Waals surface area contributed by atoms with Crippen molar-refractivity contribution in [3.05, 3.63) is 87.6 Å². The number of carboxylic acid groups (broad SMARTS) is 1. The number of aliphatic carboxylic acids is 1. The molecular weight excluding hydrogens is 556 g/mol. The lowest BCUT2D eigenvalue weighted by atomic mass is 10.0. The van der Waals surface area contributed by atoms with E-state index in [0.717, 1.165) is 34.0 Å². The van der Waals surface area contributed by atoms with Crippen LogP contribution in [0.1, 0.15) is 45.6 Å². The van der Waals surface area contributed by atoms with E-state index in [1.54, 1.807) is 37.4 Å². The summed E-state index contributed by atoms with van der Waals surface area (Å²) in [6.45, 7) is 3.37. The van der Waals surface area contributed by atoms with Gasteiger partial charge in [0, 0.05) is 35.2 Å². The average molecular weight is 585 g/mol. The van der Waals surface area contributed by atoms with E-state index in [1.807, 2.05) is 29.2 Å². The molecule has 3 aliphatic rings. The van der Waals surface area contributed by atoms with Gasteiger partial charge in [-0.05, 0) is 55.6 Å². The molecule has 214 valence electrons. The average Bonchev–Trinajstić information content (AvgIpc) is 3.61. The maximum atomic E-state index is 13.1. The van der Waals surface area contributed by atoms with Crippen molar-refractivity contribution in [3.8, 4) is 16.3 Å². The van der Waals surface area contributed by atoms with Crippen molar-refractivity contribution in [2.75, 3.05) is 11.9 Å². The SMILES string of the molecule is Cc1c(C(=O)NCc2cnc(-c3ccc(CN4CCC[C@H]4C(=O)O)cc3)s2)ccc2c1NC(=O)C1=C(C=CCC1=O)O2. The number of carbonyl (C=O) groups is 4. The number of likely N-dealkylation sites (tertiary alicyclic amines) is 1. The van der Waals surface area contributed by atoms with Crippen LogP contribution >= 0.6 is 11.3 Å². The summed E-state index contributed by atoms with van der Waals surface area (Å²) in [7, 11) is 0. The van der Waals surface area contributed by atoms with Crippen molar-refractivity contribution in [2.24, 2.45) is 0 Å². The number of ketones is 1. The minimum absolute atomic E-state index is 0.0202. The van der Waals surface area contributed by atoms with Crippen LogP contribution in [0.4, 0.5) is 5.69 Å². The van der Waals surface area contributed by atoms with Crippen molar-refractivity contribution < 1.29 is 29.0 Å². The normalized spacial score (nSPS) is 18.2. The molecule has 2 aliphatic heterocycles. The van der Waals surface area contributed by atoms with Gasteiger partial charge in [0.05, 0.1) is 12.2 Å². The summed E-state index contributed by atoms with van der Waals surface area (Å²) in [6, 6.07) is 10.8. The summed E-state index contributed by atoms with van der Waals surface area (Å²) >= 11 is 1.47. The Balaban J connectivity index is 1.10. The number of fused-ring (bicyclic) bond motifs is 1. The lowest BCUT2D eigenvalue weighted by Gasteiger charge is -2.21. The smallest absolute Gasteiger partial charge is 0.320 e. The number of carbonyl (C=O) groups excluding carboxylic acids is 3. The highest BCUT2D eigenvalue weighted by atomic mass is 32.1. The number of anilines is 1. The molecule has 0 radical (unpaired) electrons. The Bertz CT molecular complexity index is 1670. The number of ether oxygens (including phenoxy) is 1. The zero-order valence-electron chi connectivity index (χ0n) is 22.8. The van der Waals surface area contributed by atoms with Crippen LogP contribution in [0.2, 0.25) is 0 Å². The van der Waals surface area contributed by atoms with Gasteiger partial charge in [0.1, 0.15) is 22.4 Å². The molecule has 1 atom stereocenters. The number of carboxylic acids is 1. The standard InChI is InChI=1S/C31H28N4O6S/c1-17-21(11-12-25-27(17)34-29(38)26-23(36)5-2-6-24(26)41-25)28(37)32-14-20-15-33-30(42-20)19-9-7-18(8-10-19)16-35-13-3-4-22(35)31(39)40/h2,6-12,15,22H,3-5,13-14,16H2,1H3,(H,32,37)(H,34,38)(H,39,40)/t22-/m0/s1. The van der Waals surface area contributed by atoms with Gasteiger partial charge >= 0.3 is 5.97 Å². The van der Waals surface area contributed by atoms with E-state index in [0.29, 0.717) is 35.5 Å². The minimum atomic E-state index is -0.768. The fourth-order valence-electron chi connectivity index (χ4n) is 5.45. The van der Waals surface area contributed by atoms with Crippen LogP contribution in [0.25, 0.3) is 10.6 Å². The molecule has 3 N–H and O–H groups in total. The highest BCUT2D eigenvalue weighted by molar-refractivity contribution is 7.15. The Morgan fingerprint density at radius 3 is 2.79 bits per heavy atom. The summed E-state index contributed by atoms with van der Waals surface area (Å²) < 4.78 is 5.87. The van der Waals surface area contributed by atoms with Gasteiger partial charge in [-0.3, -0.25) is 24.1 Å². The number of hydrogen-bond acceptors (Lipinski definition) is 8. The topological polar surface area (TPSA) is 138 Å². The molecule has 0 unspecified atom stereocenters. The van der Waals surface area contributed by atoms with Crippen LogP contribution in [0, 0.1) is 6.92 Å². The molecule has 0 saturated carbocycles. The van der Waals surface area contributed by atoms with Gasteiger partial charge < -0.3 is 20.5 Å². The zero-order valence-corrected chi connectivity index (χ0v) is 23.6. The van der Waals surface area contributed by atoms with Gasteiger partial charge in [0.25, 0.3) is 11.8 Å². The first-order chi connectivity index (χ1) is 20.3. The molecular formula is C31H28N4O6S. The van der Waals surface area contributed by atoms with E-state index in [1.165, 1.54) is 11.3 Å². The second-order valence-electron chi connectivity index (χ2n) is 10.4. The Morgan fingerprint density at radius 2 is 2.00 bits per heavy atom. The van der Waals surface area contributed by atoms with Crippen molar-refractivity contribution in [2.45, 2.75) is 45.3 Å². The number of rotatable bonds is 7. The molecule has 11 heteroatoms. The molecule has 3 heterocycles. The summed E-state index contributed by atoms with van der Waals surface area (Å²) in [5.41, 5.74) is 3.24. The first-order valence-corrected chi connectivity index (χ1v) is 14.5. The predicted octanol–water partition coefficient (Wildman–Crippen LogP) is 4.21. The van der Waals surface area contributed by atoms with Gasteiger partial charge in [0.15, 0.2) is 11.5 Å². The first-order valence-electron chi connectivity index (χ1n) is 13.6. The Hall–Kier alpha value is -4.61. The molecule has 6 rings (SSSR count). The van der Waals surface area contributed by atoms with Gasteiger partial charge in [-0.1, -0.05) is 30.3 Å². The van der Waals surface area contributed by atoms with Gasteiger partial charge in [-0.2, -0.15) is 0 Å². The number of allylic oxidation sites excluding steroid dienone is 2. The third-order valence-corrected chi connectivity index (χ3v) is 8.71. The molecule has 3 aromatic rings. The summed E-state index contributed by atoms with van der Waals surface area (Å²) in [4.78, 5) is 57.0. The maximum Gasteiger partial charge on any atom is 0.320 e. The number of thiazole rings is 1. The molecule has 42 heavy (non-hydrogen) atoms. The Morgan fingerprint density at radius 1 is 1.19 bits per heavy atom. The summed E-state index contributed by atoms with van der Waals surface area (Å²) in [5, 5.41) is 15.9. The first kappa shape index (κ1) is 27.6. The van der Waals surface area contributed by atoms with Gasteiger partial charge in [-0.15, -0.1) is 11.3 Å². The fraction of sp³-hybridized carbons (Fsp3) is 0.258. The van der Waals surface area contributed by atoms with E-state index in [4.69, 9.17) is 4.74 Å². The van der Waals surface area contributed by atoms with Crippen molar-refractivity contribution in [1.29, 1.82) is 0 Å². The van der Waals surface area contributed by atoms with Crippen LogP contribution in [-0.4, -0.2) is 51.1 Å². The molecule has 2 amide bonds. The molecule has 1 aromatic heterocycles. The van der Waals surface area contributed by atoms with Crippen LogP contribution in [0.3, 0.4) is 0 Å². The second kappa shape index (κ2) is 11.3. The van der Waals surface area contributed by atoms with E-state index < -0.39 is 17.9 Å². The fourth-order valence-corrected chi connectivity index (χ4v) is 6.31. The molecule has 10 nitrogen and oxygen atoms in total. The van der Waals surface area contributed by atoms with Crippen LogP contribution in [-0.2, 0) is 27.5 Å². The maximum absolute atomic E-state index is 13.1. The van der Waals surface area contributed by atoms with Crippen LogP contribution < -0.4 is 15.4 Å². The monoisotopic (exact) mass is 584 g/mol. The second-order valence-corrected chi connectivity index (χ2v) is 11.5. The number of aromatic nitrogens is 1.